The van der Waals surface area contributed by atoms with Gasteiger partial charge in [-0.2, -0.15) is 5.10 Å². The minimum atomic E-state index is 0.259. The summed E-state index contributed by atoms with van der Waals surface area (Å²) in [4.78, 5) is 4.28. The second-order valence-electron chi connectivity index (χ2n) is 5.15. The Morgan fingerprint density at radius 3 is 2.71 bits per heavy atom. The molecule has 5 heteroatoms. The molecular formula is C16H23BrN4. The summed E-state index contributed by atoms with van der Waals surface area (Å²) in [5.74, 6) is 0. The fourth-order valence-corrected chi connectivity index (χ4v) is 3.30. The highest BCUT2D eigenvalue weighted by atomic mass is 79.9. The standard InChI is InChI=1S/C16H23BrN4/c1-5-13-16(17)15(21(6-2)20-13)10-14(18-4)12-7-8-19-11(3)9-12/h7-9,14,18H,5-6,10H2,1-4H3. The summed E-state index contributed by atoms with van der Waals surface area (Å²) in [7, 11) is 2.00. The molecule has 114 valence electrons. The third kappa shape index (κ3) is 3.52. The molecule has 0 bridgehead atoms. The van der Waals surface area contributed by atoms with Crippen molar-refractivity contribution in [2.24, 2.45) is 0 Å². The van der Waals surface area contributed by atoms with Crippen molar-refractivity contribution in [3.8, 4) is 0 Å². The molecule has 2 heterocycles. The van der Waals surface area contributed by atoms with E-state index in [4.69, 9.17) is 0 Å². The molecule has 0 saturated carbocycles. The average Bonchev–Trinajstić information content (AvgIpc) is 2.80. The van der Waals surface area contributed by atoms with Gasteiger partial charge in [0.1, 0.15) is 0 Å². The number of rotatable bonds is 6. The molecule has 0 amide bonds. The summed E-state index contributed by atoms with van der Waals surface area (Å²) in [6.07, 6.45) is 3.72. The zero-order valence-corrected chi connectivity index (χ0v) is 14.7. The number of hydrogen-bond donors (Lipinski definition) is 1. The predicted octanol–water partition coefficient (Wildman–Crippen LogP) is 3.43. The van der Waals surface area contributed by atoms with Crippen molar-refractivity contribution in [3.63, 3.8) is 0 Å². The summed E-state index contributed by atoms with van der Waals surface area (Å²) < 4.78 is 3.25. The van der Waals surface area contributed by atoms with Crippen molar-refractivity contribution in [2.45, 2.75) is 46.2 Å². The first-order valence-corrected chi connectivity index (χ1v) is 8.23. The zero-order valence-electron chi connectivity index (χ0n) is 13.2. The highest BCUT2D eigenvalue weighted by molar-refractivity contribution is 9.10. The van der Waals surface area contributed by atoms with Crippen LogP contribution in [-0.4, -0.2) is 21.8 Å². The molecule has 1 atom stereocenters. The Bertz CT molecular complexity index is 606. The third-order valence-corrected chi connectivity index (χ3v) is 4.68. The summed E-state index contributed by atoms with van der Waals surface area (Å²) in [5.41, 5.74) is 4.69. The fourth-order valence-electron chi connectivity index (χ4n) is 2.58. The van der Waals surface area contributed by atoms with Gasteiger partial charge in [0, 0.05) is 30.9 Å². The van der Waals surface area contributed by atoms with Crippen LogP contribution in [0.15, 0.2) is 22.8 Å². The Hall–Kier alpha value is -1.20. The lowest BCUT2D eigenvalue weighted by atomic mass is 10.0. The molecule has 0 aromatic carbocycles. The lowest BCUT2D eigenvalue weighted by Crippen LogP contribution is -2.21. The highest BCUT2D eigenvalue weighted by Crippen LogP contribution is 2.27. The van der Waals surface area contributed by atoms with Crippen molar-refractivity contribution in [1.29, 1.82) is 0 Å². The Morgan fingerprint density at radius 2 is 2.14 bits per heavy atom. The van der Waals surface area contributed by atoms with E-state index in [1.165, 1.54) is 11.3 Å². The van der Waals surface area contributed by atoms with E-state index in [1.807, 2.05) is 20.2 Å². The van der Waals surface area contributed by atoms with E-state index in [-0.39, 0.29) is 6.04 Å². The van der Waals surface area contributed by atoms with Gasteiger partial charge in [0.25, 0.3) is 0 Å². The van der Waals surface area contributed by atoms with Crippen LogP contribution < -0.4 is 5.32 Å². The van der Waals surface area contributed by atoms with E-state index in [9.17, 15) is 0 Å². The minimum absolute atomic E-state index is 0.259. The van der Waals surface area contributed by atoms with Gasteiger partial charge in [-0.05, 0) is 60.9 Å². The second-order valence-corrected chi connectivity index (χ2v) is 5.95. The molecule has 0 radical (unpaired) electrons. The zero-order chi connectivity index (χ0) is 15.4. The maximum Gasteiger partial charge on any atom is 0.0766 e. The SMILES string of the molecule is CCc1nn(CC)c(CC(NC)c2ccnc(C)c2)c1Br. The van der Waals surface area contributed by atoms with Gasteiger partial charge in [0.05, 0.1) is 15.9 Å². The first-order valence-electron chi connectivity index (χ1n) is 7.44. The maximum atomic E-state index is 4.67. The molecule has 21 heavy (non-hydrogen) atoms. The largest absolute Gasteiger partial charge is 0.313 e. The van der Waals surface area contributed by atoms with E-state index < -0.39 is 0 Å². The van der Waals surface area contributed by atoms with Gasteiger partial charge < -0.3 is 5.32 Å². The molecule has 2 aromatic heterocycles. The fraction of sp³-hybridized carbons (Fsp3) is 0.500. The summed E-state index contributed by atoms with van der Waals surface area (Å²) in [5, 5.41) is 8.09. The number of aryl methyl sites for hydroxylation is 3. The molecule has 4 nitrogen and oxygen atoms in total. The van der Waals surface area contributed by atoms with Crippen LogP contribution in [0.2, 0.25) is 0 Å². The number of likely N-dealkylation sites (N-methyl/N-ethyl adjacent to an activating group) is 1. The Kier molecular flexibility index (Phi) is 5.53. The molecule has 0 aliphatic rings. The number of nitrogens with zero attached hydrogens (tertiary/aromatic N) is 3. The van der Waals surface area contributed by atoms with Crippen LogP contribution in [0, 0.1) is 6.92 Å². The van der Waals surface area contributed by atoms with Gasteiger partial charge >= 0.3 is 0 Å². The summed E-state index contributed by atoms with van der Waals surface area (Å²) >= 11 is 3.72. The Morgan fingerprint density at radius 1 is 1.38 bits per heavy atom. The van der Waals surface area contributed by atoms with E-state index >= 15 is 0 Å². The molecule has 1 unspecified atom stereocenters. The van der Waals surface area contributed by atoms with Crippen molar-refractivity contribution in [3.05, 3.63) is 45.4 Å². The van der Waals surface area contributed by atoms with E-state index in [1.54, 1.807) is 0 Å². The Balaban J connectivity index is 2.32. The highest BCUT2D eigenvalue weighted by Gasteiger charge is 2.19. The summed E-state index contributed by atoms with van der Waals surface area (Å²) in [6, 6.07) is 4.48. The number of halogens is 1. The first-order chi connectivity index (χ1) is 10.1. The maximum absolute atomic E-state index is 4.67. The van der Waals surface area contributed by atoms with Crippen LogP contribution in [0.25, 0.3) is 0 Å². The number of aromatic nitrogens is 3. The van der Waals surface area contributed by atoms with Crippen LogP contribution in [0.5, 0.6) is 0 Å². The lowest BCUT2D eigenvalue weighted by Gasteiger charge is -2.18. The van der Waals surface area contributed by atoms with Gasteiger partial charge in [-0.15, -0.1) is 0 Å². The molecule has 2 aromatic rings. The third-order valence-electron chi connectivity index (χ3n) is 3.76. The van der Waals surface area contributed by atoms with Crippen LogP contribution in [0.3, 0.4) is 0 Å². The van der Waals surface area contributed by atoms with Gasteiger partial charge in [-0.25, -0.2) is 0 Å². The topological polar surface area (TPSA) is 42.7 Å². The van der Waals surface area contributed by atoms with Crippen molar-refractivity contribution in [1.82, 2.24) is 20.1 Å². The van der Waals surface area contributed by atoms with Crippen molar-refractivity contribution < 1.29 is 0 Å². The Labute approximate surface area is 135 Å². The predicted molar refractivity (Wildman–Crippen MR) is 89.5 cm³/mol. The molecule has 0 fully saturated rings. The van der Waals surface area contributed by atoms with Gasteiger partial charge in [0.15, 0.2) is 0 Å². The van der Waals surface area contributed by atoms with Gasteiger partial charge in [-0.1, -0.05) is 6.92 Å². The van der Waals surface area contributed by atoms with Crippen molar-refractivity contribution >= 4 is 15.9 Å². The monoisotopic (exact) mass is 350 g/mol. The van der Waals surface area contributed by atoms with Crippen LogP contribution in [0.4, 0.5) is 0 Å². The van der Waals surface area contributed by atoms with E-state index in [0.717, 1.165) is 35.2 Å². The first kappa shape index (κ1) is 16.2. The number of nitrogens with one attached hydrogen (secondary N) is 1. The van der Waals surface area contributed by atoms with E-state index in [2.05, 4.69) is 62.0 Å². The number of hydrogen-bond acceptors (Lipinski definition) is 3. The smallest absolute Gasteiger partial charge is 0.0766 e. The van der Waals surface area contributed by atoms with Crippen molar-refractivity contribution in [2.75, 3.05) is 7.05 Å². The molecule has 0 saturated heterocycles. The molecule has 0 spiro atoms. The molecular weight excluding hydrogens is 328 g/mol. The van der Waals surface area contributed by atoms with Crippen LogP contribution in [-0.2, 0) is 19.4 Å². The quantitative estimate of drug-likeness (QED) is 0.867. The lowest BCUT2D eigenvalue weighted by molar-refractivity contribution is 0.539. The average molecular weight is 351 g/mol. The molecule has 2 rings (SSSR count). The second kappa shape index (κ2) is 7.18. The molecule has 0 aliphatic heterocycles. The number of pyridine rings is 1. The van der Waals surface area contributed by atoms with Gasteiger partial charge in [-0.3, -0.25) is 9.67 Å². The summed E-state index contributed by atoms with van der Waals surface area (Å²) in [6.45, 7) is 7.18. The molecule has 0 aliphatic carbocycles. The van der Waals surface area contributed by atoms with E-state index in [0.29, 0.717) is 0 Å². The molecule has 1 N–H and O–H groups in total. The van der Waals surface area contributed by atoms with Crippen LogP contribution >= 0.6 is 15.9 Å². The normalized spacial score (nSPS) is 12.6. The van der Waals surface area contributed by atoms with Gasteiger partial charge in [0.2, 0.25) is 0 Å². The minimum Gasteiger partial charge on any atom is -0.313 e. The van der Waals surface area contributed by atoms with Crippen LogP contribution in [0.1, 0.15) is 42.5 Å².